The lowest BCUT2D eigenvalue weighted by atomic mass is 9.85. The summed E-state index contributed by atoms with van der Waals surface area (Å²) in [6, 6.07) is 9.63. The third-order valence-corrected chi connectivity index (χ3v) is 6.12. The Morgan fingerprint density at radius 2 is 1.69 bits per heavy atom. The van der Waals surface area contributed by atoms with Gasteiger partial charge in [-0.1, -0.05) is 39.0 Å². The molecule has 0 unspecified atom stereocenters. The van der Waals surface area contributed by atoms with Gasteiger partial charge in [0.05, 0.1) is 0 Å². The van der Waals surface area contributed by atoms with Crippen LogP contribution in [0.3, 0.4) is 0 Å². The molecule has 6 heteroatoms. The Kier molecular flexibility index (Phi) is 10.3. The minimum absolute atomic E-state index is 0. The standard InChI is InChI=1S/C20H32N2OS.2ClH/c1-20(2,3)24-18-7-5-4-6-17(18)19(16-8-14-23-15-9-16)22-12-10-21-11-13-22;;/h4-7,16,19,21H,8-15H2,1-3H3;2*1H/t19-;;/m0../s1. The van der Waals surface area contributed by atoms with E-state index >= 15 is 0 Å². The summed E-state index contributed by atoms with van der Waals surface area (Å²) in [5.74, 6) is 0.707. The van der Waals surface area contributed by atoms with Crippen LogP contribution < -0.4 is 5.32 Å². The first-order valence-electron chi connectivity index (χ1n) is 9.35. The topological polar surface area (TPSA) is 24.5 Å². The maximum absolute atomic E-state index is 5.65. The predicted octanol–water partition coefficient (Wildman–Crippen LogP) is 4.79. The van der Waals surface area contributed by atoms with E-state index in [4.69, 9.17) is 4.74 Å². The molecule has 2 saturated heterocycles. The van der Waals surface area contributed by atoms with Crippen molar-refractivity contribution in [2.75, 3.05) is 39.4 Å². The summed E-state index contributed by atoms with van der Waals surface area (Å²) in [5, 5.41) is 3.51. The predicted molar refractivity (Wildman–Crippen MR) is 117 cm³/mol. The zero-order valence-corrected chi connectivity index (χ0v) is 18.7. The Labute approximate surface area is 175 Å². The molecule has 0 bridgehead atoms. The zero-order chi connectivity index (χ0) is 17.0. The van der Waals surface area contributed by atoms with E-state index in [1.807, 2.05) is 11.8 Å². The quantitative estimate of drug-likeness (QED) is 0.707. The van der Waals surface area contributed by atoms with E-state index in [-0.39, 0.29) is 29.6 Å². The summed E-state index contributed by atoms with van der Waals surface area (Å²) in [7, 11) is 0. The Morgan fingerprint density at radius 1 is 1.08 bits per heavy atom. The molecule has 1 aromatic carbocycles. The van der Waals surface area contributed by atoms with E-state index in [2.05, 4.69) is 55.3 Å². The van der Waals surface area contributed by atoms with Gasteiger partial charge in [-0.2, -0.15) is 0 Å². The number of thioether (sulfide) groups is 1. The van der Waals surface area contributed by atoms with Gasteiger partial charge in [-0.25, -0.2) is 0 Å². The van der Waals surface area contributed by atoms with Crippen molar-refractivity contribution >= 4 is 36.6 Å². The normalized spacial score (nSPS) is 20.7. The third-order valence-electron chi connectivity index (χ3n) is 4.91. The fourth-order valence-electron chi connectivity index (χ4n) is 3.89. The van der Waals surface area contributed by atoms with Crippen LogP contribution in [0.2, 0.25) is 0 Å². The van der Waals surface area contributed by atoms with Gasteiger partial charge in [-0.3, -0.25) is 4.90 Å². The molecule has 2 aliphatic rings. The van der Waals surface area contributed by atoms with Gasteiger partial charge in [0.15, 0.2) is 0 Å². The molecule has 1 N–H and O–H groups in total. The molecule has 1 atom stereocenters. The Bertz CT molecular complexity index is 509. The van der Waals surface area contributed by atoms with Crippen molar-refractivity contribution < 1.29 is 4.74 Å². The summed E-state index contributed by atoms with van der Waals surface area (Å²) in [5.41, 5.74) is 1.53. The monoisotopic (exact) mass is 420 g/mol. The minimum Gasteiger partial charge on any atom is -0.381 e. The summed E-state index contributed by atoms with van der Waals surface area (Å²) >= 11 is 2.01. The van der Waals surface area contributed by atoms with Crippen LogP contribution in [0, 0.1) is 5.92 Å². The van der Waals surface area contributed by atoms with Gasteiger partial charge in [0.25, 0.3) is 0 Å². The van der Waals surface area contributed by atoms with Crippen molar-refractivity contribution in [3.05, 3.63) is 29.8 Å². The van der Waals surface area contributed by atoms with Crippen LogP contribution in [-0.4, -0.2) is 49.0 Å². The molecule has 0 spiro atoms. The third kappa shape index (κ3) is 6.57. The smallest absolute Gasteiger partial charge is 0.0469 e. The van der Waals surface area contributed by atoms with Gasteiger partial charge >= 0.3 is 0 Å². The van der Waals surface area contributed by atoms with Crippen LogP contribution in [0.4, 0.5) is 0 Å². The van der Waals surface area contributed by atoms with Gasteiger partial charge in [0.2, 0.25) is 0 Å². The van der Waals surface area contributed by atoms with E-state index in [9.17, 15) is 0 Å². The van der Waals surface area contributed by atoms with Crippen LogP contribution in [0.15, 0.2) is 29.2 Å². The summed E-state index contributed by atoms with van der Waals surface area (Å²) < 4.78 is 5.88. The number of hydrogen-bond acceptors (Lipinski definition) is 4. The van der Waals surface area contributed by atoms with Crippen LogP contribution in [0.25, 0.3) is 0 Å². The maximum atomic E-state index is 5.65. The average Bonchev–Trinajstić information content (AvgIpc) is 2.57. The van der Waals surface area contributed by atoms with E-state index in [0.717, 1.165) is 39.4 Å². The Hall–Kier alpha value is 0.0300. The van der Waals surface area contributed by atoms with Gasteiger partial charge < -0.3 is 10.1 Å². The molecular formula is C20H34Cl2N2OS. The first-order valence-corrected chi connectivity index (χ1v) is 10.2. The highest BCUT2D eigenvalue weighted by Gasteiger charge is 2.33. The molecule has 2 fully saturated rings. The number of halogens is 2. The highest BCUT2D eigenvalue weighted by Crippen LogP contribution is 2.42. The molecule has 0 saturated carbocycles. The van der Waals surface area contributed by atoms with Gasteiger partial charge in [-0.15, -0.1) is 36.6 Å². The molecule has 26 heavy (non-hydrogen) atoms. The summed E-state index contributed by atoms with van der Waals surface area (Å²) in [6.07, 6.45) is 2.37. The SMILES string of the molecule is CC(C)(C)Sc1ccccc1[C@H](C1CCOCC1)N1CCNCC1.Cl.Cl. The number of hydrogen-bond donors (Lipinski definition) is 1. The van der Waals surface area contributed by atoms with E-state index in [0.29, 0.717) is 12.0 Å². The number of rotatable bonds is 4. The van der Waals surface area contributed by atoms with E-state index in [1.165, 1.54) is 23.3 Å². The van der Waals surface area contributed by atoms with Gasteiger partial charge in [0.1, 0.15) is 0 Å². The summed E-state index contributed by atoms with van der Waals surface area (Å²) in [4.78, 5) is 4.18. The van der Waals surface area contributed by atoms with Crippen molar-refractivity contribution in [2.45, 2.75) is 49.3 Å². The van der Waals surface area contributed by atoms with Crippen LogP contribution in [-0.2, 0) is 4.74 Å². The molecule has 150 valence electrons. The first-order chi connectivity index (χ1) is 11.5. The van der Waals surface area contributed by atoms with Gasteiger partial charge in [-0.05, 0) is 30.4 Å². The molecule has 1 aromatic rings. The Morgan fingerprint density at radius 3 is 2.31 bits per heavy atom. The molecule has 0 amide bonds. The number of nitrogens with one attached hydrogen (secondary N) is 1. The van der Waals surface area contributed by atoms with Crippen molar-refractivity contribution in [1.29, 1.82) is 0 Å². The number of nitrogens with zero attached hydrogens (tertiary/aromatic N) is 1. The molecular weight excluding hydrogens is 387 g/mol. The molecule has 0 aromatic heterocycles. The van der Waals surface area contributed by atoms with Crippen LogP contribution in [0.5, 0.6) is 0 Å². The maximum Gasteiger partial charge on any atom is 0.0469 e. The molecule has 0 aliphatic carbocycles. The fraction of sp³-hybridized carbons (Fsp3) is 0.700. The van der Waals surface area contributed by atoms with Crippen molar-refractivity contribution in [2.24, 2.45) is 5.92 Å². The lowest BCUT2D eigenvalue weighted by Gasteiger charge is -2.42. The fourth-order valence-corrected chi connectivity index (χ4v) is 5.00. The second-order valence-corrected chi connectivity index (χ2v) is 9.80. The highest BCUT2D eigenvalue weighted by atomic mass is 35.5. The Balaban J connectivity index is 0.00000169. The van der Waals surface area contributed by atoms with E-state index in [1.54, 1.807) is 0 Å². The van der Waals surface area contributed by atoms with Crippen LogP contribution in [0.1, 0.15) is 45.2 Å². The lowest BCUT2D eigenvalue weighted by Crippen LogP contribution is -2.47. The number of ether oxygens (including phenoxy) is 1. The molecule has 2 heterocycles. The molecule has 2 aliphatic heterocycles. The first kappa shape index (κ1) is 24.1. The molecule has 3 rings (SSSR count). The number of benzene rings is 1. The zero-order valence-electron chi connectivity index (χ0n) is 16.2. The van der Waals surface area contributed by atoms with Gasteiger partial charge in [0, 0.05) is 55.1 Å². The largest absolute Gasteiger partial charge is 0.381 e. The lowest BCUT2D eigenvalue weighted by molar-refractivity contribution is 0.0205. The number of piperazine rings is 1. The van der Waals surface area contributed by atoms with Crippen molar-refractivity contribution in [3.8, 4) is 0 Å². The summed E-state index contributed by atoms with van der Waals surface area (Å²) in [6.45, 7) is 13.3. The van der Waals surface area contributed by atoms with Crippen molar-refractivity contribution in [1.82, 2.24) is 10.2 Å². The molecule has 3 nitrogen and oxygen atoms in total. The highest BCUT2D eigenvalue weighted by molar-refractivity contribution is 8.00. The van der Waals surface area contributed by atoms with Crippen LogP contribution >= 0.6 is 36.6 Å². The minimum atomic E-state index is 0. The molecule has 0 radical (unpaired) electrons. The van der Waals surface area contributed by atoms with Crippen molar-refractivity contribution in [3.63, 3.8) is 0 Å². The second-order valence-electron chi connectivity index (χ2n) is 7.93. The second kappa shape index (κ2) is 11.1. The average molecular weight is 421 g/mol. The van der Waals surface area contributed by atoms with E-state index < -0.39 is 0 Å².